The van der Waals surface area contributed by atoms with Gasteiger partial charge in [-0.1, -0.05) is 36.3 Å². The van der Waals surface area contributed by atoms with Crippen LogP contribution < -0.4 is 4.74 Å². The summed E-state index contributed by atoms with van der Waals surface area (Å²) in [5.74, 6) is 7.70. The molecule has 0 aliphatic heterocycles. The van der Waals surface area contributed by atoms with Crippen LogP contribution in [0, 0.1) is 18.8 Å². The highest BCUT2D eigenvalue weighted by Crippen LogP contribution is 2.25. The maximum absolute atomic E-state index is 11.4. The van der Waals surface area contributed by atoms with Gasteiger partial charge in [-0.15, -0.1) is 5.92 Å². The molecule has 5 heteroatoms. The first kappa shape index (κ1) is 24.1. The van der Waals surface area contributed by atoms with Crippen LogP contribution in [-0.4, -0.2) is 28.7 Å². The number of aromatic nitrogens is 2. The molecule has 5 nitrogen and oxygen atoms in total. The van der Waals surface area contributed by atoms with Crippen LogP contribution in [0.15, 0.2) is 54.7 Å². The quantitative estimate of drug-likeness (QED) is 0.214. The van der Waals surface area contributed by atoms with Crippen LogP contribution >= 0.6 is 0 Å². The molecule has 0 spiro atoms. The van der Waals surface area contributed by atoms with Crippen LogP contribution in [0.4, 0.5) is 0 Å². The Morgan fingerprint density at radius 2 is 1.85 bits per heavy atom. The molecule has 0 saturated heterocycles. The topological polar surface area (TPSA) is 53.4 Å². The Balaban J connectivity index is 1.63. The van der Waals surface area contributed by atoms with E-state index in [0.717, 1.165) is 53.2 Å². The van der Waals surface area contributed by atoms with Crippen molar-refractivity contribution in [3.63, 3.8) is 0 Å². The second-order valence-electron chi connectivity index (χ2n) is 7.83. The molecule has 172 valence electrons. The Hall–Kier alpha value is -3.52. The van der Waals surface area contributed by atoms with Crippen molar-refractivity contribution in [2.24, 2.45) is 0 Å². The van der Waals surface area contributed by atoms with E-state index in [1.165, 1.54) is 0 Å². The van der Waals surface area contributed by atoms with E-state index < -0.39 is 0 Å². The van der Waals surface area contributed by atoms with E-state index in [-0.39, 0.29) is 5.97 Å². The monoisotopic (exact) mass is 444 g/mol. The molecule has 0 saturated carbocycles. The standard InChI is InChI=1S/C28H32N2O3/c1-4-11-23-15-17-24(18-16-23)28-29-20-22(3)30(28)21-25-12-8-9-13-26(25)33-19-10-6-7-14-27(31)32-5-2/h8-9,12-13,15-18,20H,5-7,10,14,19,21H2,1-3H3. The Bertz CT molecular complexity index is 1100. The lowest BCUT2D eigenvalue weighted by atomic mass is 10.1. The zero-order valence-corrected chi connectivity index (χ0v) is 19.8. The van der Waals surface area contributed by atoms with Gasteiger partial charge >= 0.3 is 5.97 Å². The number of carbonyl (C=O) groups excluding carboxylic acids is 1. The van der Waals surface area contributed by atoms with E-state index in [1.807, 2.05) is 50.4 Å². The Morgan fingerprint density at radius 1 is 1.06 bits per heavy atom. The highest BCUT2D eigenvalue weighted by atomic mass is 16.5. The van der Waals surface area contributed by atoms with Crippen molar-refractivity contribution in [1.29, 1.82) is 0 Å². The first-order valence-electron chi connectivity index (χ1n) is 11.5. The van der Waals surface area contributed by atoms with Gasteiger partial charge in [-0.25, -0.2) is 4.98 Å². The van der Waals surface area contributed by atoms with Gasteiger partial charge in [0.15, 0.2) is 0 Å². The summed E-state index contributed by atoms with van der Waals surface area (Å²) in [5, 5.41) is 0. The van der Waals surface area contributed by atoms with E-state index >= 15 is 0 Å². The van der Waals surface area contributed by atoms with Crippen LogP contribution in [0.5, 0.6) is 5.75 Å². The molecule has 0 aliphatic rings. The minimum atomic E-state index is -0.122. The highest BCUT2D eigenvalue weighted by molar-refractivity contribution is 5.69. The molecule has 0 N–H and O–H groups in total. The van der Waals surface area contributed by atoms with Gasteiger partial charge in [-0.2, -0.15) is 0 Å². The summed E-state index contributed by atoms with van der Waals surface area (Å²) in [6.07, 6.45) is 5.03. The van der Waals surface area contributed by atoms with Gasteiger partial charge < -0.3 is 14.0 Å². The highest BCUT2D eigenvalue weighted by Gasteiger charge is 2.12. The zero-order chi connectivity index (χ0) is 23.5. The van der Waals surface area contributed by atoms with Gasteiger partial charge in [0.05, 0.1) is 19.8 Å². The number of carbonyl (C=O) groups is 1. The molecular formula is C28H32N2O3. The van der Waals surface area contributed by atoms with E-state index in [2.05, 4.69) is 46.5 Å². The third-order valence-electron chi connectivity index (χ3n) is 5.36. The molecule has 1 aromatic heterocycles. The number of benzene rings is 2. The maximum Gasteiger partial charge on any atom is 0.305 e. The third kappa shape index (κ3) is 6.98. The summed E-state index contributed by atoms with van der Waals surface area (Å²) in [6.45, 7) is 7.48. The largest absolute Gasteiger partial charge is 0.493 e. The average Bonchev–Trinajstić information content (AvgIpc) is 3.18. The third-order valence-corrected chi connectivity index (χ3v) is 5.36. The molecule has 0 radical (unpaired) electrons. The Kier molecular flexibility index (Phi) is 9.14. The smallest absolute Gasteiger partial charge is 0.305 e. The van der Waals surface area contributed by atoms with Crippen LogP contribution in [-0.2, 0) is 16.1 Å². The van der Waals surface area contributed by atoms with Crippen molar-refractivity contribution in [1.82, 2.24) is 9.55 Å². The summed E-state index contributed by atoms with van der Waals surface area (Å²) < 4.78 is 13.3. The molecule has 3 rings (SSSR count). The Morgan fingerprint density at radius 3 is 2.61 bits per heavy atom. The number of nitrogens with zero attached hydrogens (tertiary/aromatic N) is 2. The van der Waals surface area contributed by atoms with E-state index in [9.17, 15) is 4.79 Å². The number of rotatable bonds is 11. The molecule has 1 heterocycles. The minimum Gasteiger partial charge on any atom is -0.493 e. The van der Waals surface area contributed by atoms with Crippen LogP contribution in [0.25, 0.3) is 11.4 Å². The van der Waals surface area contributed by atoms with Crippen molar-refractivity contribution in [3.8, 4) is 29.0 Å². The lowest BCUT2D eigenvalue weighted by Crippen LogP contribution is -2.07. The van der Waals surface area contributed by atoms with Crippen LogP contribution in [0.3, 0.4) is 0 Å². The number of imidazole rings is 1. The minimum absolute atomic E-state index is 0.122. The van der Waals surface area contributed by atoms with Crippen LogP contribution in [0.1, 0.15) is 56.4 Å². The predicted molar refractivity (Wildman–Crippen MR) is 131 cm³/mol. The molecule has 0 aliphatic carbocycles. The number of unbranched alkanes of at least 4 members (excludes halogenated alkanes) is 2. The SMILES string of the molecule is CC#Cc1ccc(-c2ncc(C)n2Cc2ccccc2OCCCCCC(=O)OCC)cc1. The number of ether oxygens (including phenoxy) is 2. The Labute approximate surface area is 196 Å². The summed E-state index contributed by atoms with van der Waals surface area (Å²) in [6, 6.07) is 16.3. The molecule has 0 amide bonds. The molecule has 3 aromatic rings. The summed E-state index contributed by atoms with van der Waals surface area (Å²) >= 11 is 0. The number of esters is 1. The summed E-state index contributed by atoms with van der Waals surface area (Å²) in [4.78, 5) is 16.1. The van der Waals surface area contributed by atoms with Crippen molar-refractivity contribution in [2.75, 3.05) is 13.2 Å². The fourth-order valence-electron chi connectivity index (χ4n) is 3.65. The number of hydrogen-bond acceptors (Lipinski definition) is 4. The van der Waals surface area contributed by atoms with E-state index in [4.69, 9.17) is 9.47 Å². The van der Waals surface area contributed by atoms with Crippen molar-refractivity contribution in [2.45, 2.75) is 53.0 Å². The number of aryl methyl sites for hydroxylation is 1. The van der Waals surface area contributed by atoms with Crippen LogP contribution in [0.2, 0.25) is 0 Å². The summed E-state index contributed by atoms with van der Waals surface area (Å²) in [5.41, 5.74) is 4.26. The lowest BCUT2D eigenvalue weighted by molar-refractivity contribution is -0.143. The molecular weight excluding hydrogens is 412 g/mol. The van der Waals surface area contributed by atoms with Gasteiger partial charge in [0, 0.05) is 35.0 Å². The molecule has 2 aromatic carbocycles. The first-order chi connectivity index (χ1) is 16.1. The van der Waals surface area contributed by atoms with Gasteiger partial charge in [0.25, 0.3) is 0 Å². The van der Waals surface area contributed by atoms with Crippen molar-refractivity contribution < 1.29 is 14.3 Å². The molecule has 0 fully saturated rings. The zero-order valence-electron chi connectivity index (χ0n) is 19.8. The average molecular weight is 445 g/mol. The molecule has 0 unspecified atom stereocenters. The fraction of sp³-hybridized carbons (Fsp3) is 0.357. The molecule has 33 heavy (non-hydrogen) atoms. The maximum atomic E-state index is 11.4. The van der Waals surface area contributed by atoms with Gasteiger partial charge in [-0.05, 0) is 58.2 Å². The van der Waals surface area contributed by atoms with Crippen molar-refractivity contribution >= 4 is 5.97 Å². The molecule has 0 atom stereocenters. The summed E-state index contributed by atoms with van der Waals surface area (Å²) in [7, 11) is 0. The molecule has 0 bridgehead atoms. The predicted octanol–water partition coefficient (Wildman–Crippen LogP) is 5.78. The van der Waals surface area contributed by atoms with Gasteiger partial charge in [0.1, 0.15) is 11.6 Å². The van der Waals surface area contributed by atoms with E-state index in [0.29, 0.717) is 26.2 Å². The second kappa shape index (κ2) is 12.5. The second-order valence-corrected chi connectivity index (χ2v) is 7.83. The normalized spacial score (nSPS) is 10.4. The number of hydrogen-bond donors (Lipinski definition) is 0. The van der Waals surface area contributed by atoms with E-state index in [1.54, 1.807) is 0 Å². The van der Waals surface area contributed by atoms with Crippen molar-refractivity contribution in [3.05, 3.63) is 71.5 Å². The first-order valence-corrected chi connectivity index (χ1v) is 11.5. The number of para-hydroxylation sites is 1. The lowest BCUT2D eigenvalue weighted by Gasteiger charge is -2.15. The fourth-order valence-corrected chi connectivity index (χ4v) is 3.65. The van der Waals surface area contributed by atoms with Gasteiger partial charge in [-0.3, -0.25) is 4.79 Å². The van der Waals surface area contributed by atoms with Gasteiger partial charge in [0.2, 0.25) is 0 Å².